The second kappa shape index (κ2) is 13.1. The van der Waals surface area contributed by atoms with Crippen LogP contribution >= 0.6 is 0 Å². The van der Waals surface area contributed by atoms with E-state index in [1.165, 1.54) is 0 Å². The fourth-order valence-corrected chi connectivity index (χ4v) is 3.53. The number of hydrogen-bond donors (Lipinski definition) is 1. The van der Waals surface area contributed by atoms with E-state index in [1.807, 2.05) is 67.7 Å². The first-order chi connectivity index (χ1) is 17.1. The van der Waals surface area contributed by atoms with Crippen molar-refractivity contribution in [2.45, 2.75) is 33.1 Å². The Hall–Kier alpha value is -3.89. The maximum Gasteiger partial charge on any atom is 0.261 e. The lowest BCUT2D eigenvalue weighted by Crippen LogP contribution is -2.26. The number of carbonyl (C=O) groups excluding carboxylic acids is 1. The number of methoxy groups -OCH3 is 1. The Morgan fingerprint density at radius 1 is 1.17 bits per heavy atom. The molecule has 0 aliphatic carbocycles. The zero-order valence-electron chi connectivity index (χ0n) is 20.6. The van der Waals surface area contributed by atoms with Crippen molar-refractivity contribution in [3.63, 3.8) is 0 Å². The minimum absolute atomic E-state index is 0.0209. The number of rotatable bonds is 12. The average molecular weight is 473 g/mol. The minimum atomic E-state index is -0.419. The van der Waals surface area contributed by atoms with E-state index in [1.54, 1.807) is 17.9 Å². The number of ether oxygens (including phenoxy) is 2. The van der Waals surface area contributed by atoms with Crippen molar-refractivity contribution in [2.75, 3.05) is 26.9 Å². The predicted octanol–water partition coefficient (Wildman–Crippen LogP) is 5.09. The SMILES string of the molecule is CCCCOc1ccc(-c2nn(-c3ccccc3)cc2/C=C(/C#N)C(=O)NCCCOC)cc1C. The van der Waals surface area contributed by atoms with Crippen LogP contribution in [0.3, 0.4) is 0 Å². The number of aromatic nitrogens is 2. The second-order valence-electron chi connectivity index (χ2n) is 8.17. The van der Waals surface area contributed by atoms with Gasteiger partial charge in [-0.3, -0.25) is 4.79 Å². The lowest BCUT2D eigenvalue weighted by molar-refractivity contribution is -0.117. The van der Waals surface area contributed by atoms with Gasteiger partial charge < -0.3 is 14.8 Å². The van der Waals surface area contributed by atoms with E-state index < -0.39 is 5.91 Å². The highest BCUT2D eigenvalue weighted by molar-refractivity contribution is 6.02. The van der Waals surface area contributed by atoms with Gasteiger partial charge in [-0.15, -0.1) is 0 Å². The number of unbranched alkanes of at least 4 members (excludes halogenated alkanes) is 1. The quantitative estimate of drug-likeness (QED) is 0.225. The molecule has 0 aliphatic heterocycles. The Balaban J connectivity index is 1.97. The van der Waals surface area contributed by atoms with E-state index in [9.17, 15) is 10.1 Å². The molecule has 1 N–H and O–H groups in total. The third kappa shape index (κ3) is 7.05. The van der Waals surface area contributed by atoms with Gasteiger partial charge in [0.15, 0.2) is 0 Å². The van der Waals surface area contributed by atoms with Crippen LogP contribution in [-0.2, 0) is 9.53 Å². The Morgan fingerprint density at radius 2 is 1.97 bits per heavy atom. The van der Waals surface area contributed by atoms with Crippen molar-refractivity contribution in [2.24, 2.45) is 0 Å². The summed E-state index contributed by atoms with van der Waals surface area (Å²) in [5.74, 6) is 0.424. The fraction of sp³-hybridized carbons (Fsp3) is 0.321. The predicted molar refractivity (Wildman–Crippen MR) is 137 cm³/mol. The highest BCUT2D eigenvalue weighted by Crippen LogP contribution is 2.30. The van der Waals surface area contributed by atoms with Crippen LogP contribution in [0.1, 0.15) is 37.3 Å². The zero-order chi connectivity index (χ0) is 25.0. The zero-order valence-corrected chi connectivity index (χ0v) is 20.6. The molecule has 2 aromatic carbocycles. The molecule has 35 heavy (non-hydrogen) atoms. The number of amides is 1. The van der Waals surface area contributed by atoms with Crippen molar-refractivity contribution < 1.29 is 14.3 Å². The molecule has 3 rings (SSSR count). The van der Waals surface area contributed by atoms with E-state index in [-0.39, 0.29) is 5.57 Å². The fourth-order valence-electron chi connectivity index (χ4n) is 3.53. The normalized spacial score (nSPS) is 11.2. The number of hydrogen-bond acceptors (Lipinski definition) is 5. The van der Waals surface area contributed by atoms with Gasteiger partial charge in [0, 0.05) is 37.6 Å². The van der Waals surface area contributed by atoms with Gasteiger partial charge in [0.05, 0.1) is 12.3 Å². The molecular weight excluding hydrogens is 440 g/mol. The number of nitrogens with one attached hydrogen (secondary N) is 1. The molecule has 0 aliphatic rings. The van der Waals surface area contributed by atoms with Crippen LogP contribution in [0.25, 0.3) is 23.0 Å². The highest BCUT2D eigenvalue weighted by Gasteiger charge is 2.16. The molecule has 1 heterocycles. The van der Waals surface area contributed by atoms with Crippen LogP contribution in [0.2, 0.25) is 0 Å². The molecule has 0 fully saturated rings. The lowest BCUT2D eigenvalue weighted by atomic mass is 10.0. The molecule has 0 spiro atoms. The third-order valence-corrected chi connectivity index (χ3v) is 5.44. The third-order valence-electron chi connectivity index (χ3n) is 5.44. The summed E-state index contributed by atoms with van der Waals surface area (Å²) in [5.41, 5.74) is 4.14. The first kappa shape index (κ1) is 25.7. The second-order valence-corrected chi connectivity index (χ2v) is 8.17. The van der Waals surface area contributed by atoms with Gasteiger partial charge in [-0.1, -0.05) is 31.5 Å². The van der Waals surface area contributed by atoms with Crippen molar-refractivity contribution >= 4 is 12.0 Å². The Kier molecular flexibility index (Phi) is 9.64. The summed E-state index contributed by atoms with van der Waals surface area (Å²) >= 11 is 0. The van der Waals surface area contributed by atoms with Crippen LogP contribution in [0.4, 0.5) is 0 Å². The number of para-hydroxylation sites is 1. The molecular formula is C28H32N4O3. The molecule has 1 aromatic heterocycles. The van der Waals surface area contributed by atoms with Crippen LogP contribution < -0.4 is 10.1 Å². The van der Waals surface area contributed by atoms with E-state index in [0.29, 0.717) is 37.4 Å². The van der Waals surface area contributed by atoms with Crippen molar-refractivity contribution in [3.8, 4) is 28.8 Å². The number of nitrogens with zero attached hydrogens (tertiary/aromatic N) is 3. The highest BCUT2D eigenvalue weighted by atomic mass is 16.5. The average Bonchev–Trinajstić information content (AvgIpc) is 3.30. The number of aryl methyl sites for hydroxylation is 1. The van der Waals surface area contributed by atoms with E-state index in [0.717, 1.165) is 35.4 Å². The topological polar surface area (TPSA) is 89.2 Å². The largest absolute Gasteiger partial charge is 0.493 e. The first-order valence-electron chi connectivity index (χ1n) is 11.8. The number of carbonyl (C=O) groups is 1. The summed E-state index contributed by atoms with van der Waals surface area (Å²) in [4.78, 5) is 12.6. The van der Waals surface area contributed by atoms with Gasteiger partial charge >= 0.3 is 0 Å². The summed E-state index contributed by atoms with van der Waals surface area (Å²) in [5, 5.41) is 17.3. The molecule has 0 atom stereocenters. The molecule has 7 nitrogen and oxygen atoms in total. The van der Waals surface area contributed by atoms with Gasteiger partial charge in [-0.05, 0) is 61.7 Å². The summed E-state index contributed by atoms with van der Waals surface area (Å²) in [6.45, 7) is 5.78. The molecule has 0 unspecified atom stereocenters. The maximum absolute atomic E-state index is 12.6. The lowest BCUT2D eigenvalue weighted by Gasteiger charge is -2.10. The van der Waals surface area contributed by atoms with E-state index >= 15 is 0 Å². The van der Waals surface area contributed by atoms with Gasteiger partial charge in [0.1, 0.15) is 23.1 Å². The Labute approximate surface area is 207 Å². The smallest absolute Gasteiger partial charge is 0.261 e. The van der Waals surface area contributed by atoms with E-state index in [4.69, 9.17) is 14.6 Å². The summed E-state index contributed by atoms with van der Waals surface area (Å²) in [6, 6.07) is 17.7. The molecule has 1 amide bonds. The Morgan fingerprint density at radius 3 is 2.66 bits per heavy atom. The van der Waals surface area contributed by atoms with Gasteiger partial charge in [0.2, 0.25) is 0 Å². The van der Waals surface area contributed by atoms with Crippen LogP contribution in [0.15, 0.2) is 60.3 Å². The van der Waals surface area contributed by atoms with Crippen molar-refractivity contribution in [1.82, 2.24) is 15.1 Å². The van der Waals surface area contributed by atoms with Gasteiger partial charge in [0.25, 0.3) is 5.91 Å². The summed E-state index contributed by atoms with van der Waals surface area (Å²) in [6.07, 6.45) is 6.17. The minimum Gasteiger partial charge on any atom is -0.493 e. The summed E-state index contributed by atoms with van der Waals surface area (Å²) in [7, 11) is 1.61. The molecule has 0 radical (unpaired) electrons. The first-order valence-corrected chi connectivity index (χ1v) is 11.8. The van der Waals surface area contributed by atoms with Crippen LogP contribution in [0, 0.1) is 18.3 Å². The monoisotopic (exact) mass is 472 g/mol. The molecule has 0 saturated heterocycles. The molecule has 0 bridgehead atoms. The Bertz CT molecular complexity index is 1190. The number of nitriles is 1. The van der Waals surface area contributed by atoms with Crippen molar-refractivity contribution in [1.29, 1.82) is 5.26 Å². The molecule has 3 aromatic rings. The van der Waals surface area contributed by atoms with Gasteiger partial charge in [-0.2, -0.15) is 10.4 Å². The summed E-state index contributed by atoms with van der Waals surface area (Å²) < 4.78 is 12.7. The molecule has 7 heteroatoms. The molecule has 182 valence electrons. The maximum atomic E-state index is 12.6. The van der Waals surface area contributed by atoms with Crippen LogP contribution in [-0.4, -0.2) is 42.6 Å². The van der Waals surface area contributed by atoms with Gasteiger partial charge in [-0.25, -0.2) is 4.68 Å². The standard InChI is InChI=1S/C28H32N4O3/c1-4-5-16-35-26-13-12-22(17-21(26)2)27-24(20-32(31-27)25-10-7-6-8-11-25)18-23(19-29)28(33)30-14-9-15-34-3/h6-8,10-13,17-18,20H,4-5,9,14-16H2,1-3H3,(H,30,33)/b23-18-. The number of benzene rings is 2. The molecule has 0 saturated carbocycles. The van der Waals surface area contributed by atoms with Crippen LogP contribution in [0.5, 0.6) is 5.75 Å². The van der Waals surface area contributed by atoms with Crippen molar-refractivity contribution in [3.05, 3.63) is 71.4 Å². The van der Waals surface area contributed by atoms with E-state index in [2.05, 4.69) is 12.2 Å².